The molecule has 6 rings (SSSR count). The molecule has 2 heteroatoms. The van der Waals surface area contributed by atoms with Crippen molar-refractivity contribution in [2.45, 2.75) is 219 Å². The molecule has 0 radical (unpaired) electrons. The molecule has 1 atom stereocenters. The van der Waals surface area contributed by atoms with E-state index in [2.05, 4.69) is 263 Å². The third-order valence-electron chi connectivity index (χ3n) is 14.4. The minimum absolute atomic E-state index is 0.0408. The van der Waals surface area contributed by atoms with Gasteiger partial charge in [-0.3, -0.25) is 0 Å². The summed E-state index contributed by atoms with van der Waals surface area (Å²) in [6.07, 6.45) is 10.3. The first kappa shape index (κ1) is 54.8. The predicted molar refractivity (Wildman–Crippen MR) is 305 cm³/mol. The van der Waals surface area contributed by atoms with Gasteiger partial charge in [-0.15, -0.1) is 0 Å². The summed E-state index contributed by atoms with van der Waals surface area (Å²) in [4.78, 5) is 0. The Bertz CT molecular complexity index is 2490. The summed E-state index contributed by atoms with van der Waals surface area (Å²) in [6.45, 7) is 57.3. The van der Waals surface area contributed by atoms with Gasteiger partial charge in [0.1, 0.15) is 0 Å². The van der Waals surface area contributed by atoms with E-state index in [0.717, 1.165) is 0 Å². The summed E-state index contributed by atoms with van der Waals surface area (Å²) < 4.78 is 2.20. The first-order chi connectivity index (χ1) is 30.7. The molecule has 4 aromatic rings. The van der Waals surface area contributed by atoms with Crippen LogP contribution < -0.4 is 0 Å². The van der Waals surface area contributed by atoms with Crippen molar-refractivity contribution >= 4 is 50.4 Å². The zero-order chi connectivity index (χ0) is 51.1. The SMILES string of the molecule is CC(C)(C)c1cc(C2=CC=C(c3cc(C(C)(C)C)cc(C(C)(C)C)c3)[CH]2[Sb]=[Sb][C]2=C(c3cc(C(C)(C)C)cc(C(C)(C)C)c3)C=CC2c2cc(C(C)(C)C)cc(C(C)(C)C)c2)cc(C(C)(C)C)c1. The van der Waals surface area contributed by atoms with Gasteiger partial charge in [-0.1, -0.05) is 0 Å². The van der Waals surface area contributed by atoms with Crippen molar-refractivity contribution in [3.05, 3.63) is 167 Å². The fraction of sp³-hybridized carbons (Fsp3) is 0.515. The van der Waals surface area contributed by atoms with Gasteiger partial charge in [0.25, 0.3) is 0 Å². The van der Waals surface area contributed by atoms with Crippen LogP contribution in [0.25, 0.3) is 16.7 Å². The number of hydrogen-bond acceptors (Lipinski definition) is 0. The van der Waals surface area contributed by atoms with Gasteiger partial charge < -0.3 is 0 Å². The Morgan fingerprint density at radius 2 is 0.588 bits per heavy atom. The molecule has 4 aromatic carbocycles. The van der Waals surface area contributed by atoms with Crippen LogP contribution >= 0.6 is 0 Å². The van der Waals surface area contributed by atoms with Crippen LogP contribution in [0.5, 0.6) is 0 Å². The summed E-state index contributed by atoms with van der Waals surface area (Å²) in [5.74, 6) is 0.284. The molecule has 0 bridgehead atoms. The zero-order valence-electron chi connectivity index (χ0n) is 47.3. The molecule has 0 heterocycles. The molecular formula is C66H90Sb2. The maximum absolute atomic E-state index is 2.61. The van der Waals surface area contributed by atoms with Gasteiger partial charge in [0.15, 0.2) is 0 Å². The van der Waals surface area contributed by atoms with Crippen molar-refractivity contribution < 1.29 is 0 Å². The normalized spacial score (nSPS) is 17.2. The van der Waals surface area contributed by atoms with Gasteiger partial charge in [-0.05, 0) is 0 Å². The molecule has 0 saturated heterocycles. The monoisotopic (exact) mass is 1120 g/mol. The quantitative estimate of drug-likeness (QED) is 0.169. The van der Waals surface area contributed by atoms with E-state index in [0.29, 0.717) is 3.86 Å². The Morgan fingerprint density at radius 3 is 0.868 bits per heavy atom. The number of hydrogen-bond donors (Lipinski definition) is 0. The van der Waals surface area contributed by atoms with E-state index in [1.54, 1.807) is 14.7 Å². The summed E-state index contributed by atoms with van der Waals surface area (Å²) in [5, 5.41) is 0. The van der Waals surface area contributed by atoms with Crippen LogP contribution in [0.2, 0.25) is 3.86 Å². The second-order valence-electron chi connectivity index (χ2n) is 28.7. The number of allylic oxidation sites excluding steroid dienone is 8. The van der Waals surface area contributed by atoms with E-state index in [-0.39, 0.29) is 49.2 Å². The number of rotatable bonds is 6. The van der Waals surface area contributed by atoms with Crippen molar-refractivity contribution in [3.8, 4) is 0 Å². The van der Waals surface area contributed by atoms with E-state index in [1.807, 2.05) is 0 Å². The van der Waals surface area contributed by atoms with Crippen molar-refractivity contribution in [2.24, 2.45) is 0 Å². The van der Waals surface area contributed by atoms with Crippen LogP contribution in [0.3, 0.4) is 0 Å². The molecule has 68 heavy (non-hydrogen) atoms. The van der Waals surface area contributed by atoms with Crippen LogP contribution in [0.4, 0.5) is 0 Å². The van der Waals surface area contributed by atoms with Gasteiger partial charge >= 0.3 is 437 Å². The van der Waals surface area contributed by atoms with Crippen molar-refractivity contribution in [3.63, 3.8) is 0 Å². The molecule has 0 aromatic heterocycles. The standard InChI is InChI=1S/2C33H45.2Sb/c2*1-30(2,3)26-16-24(17-27(20-26)31(4,5)6)22-13-14-23(15-22)25-18-28(32(7,8)9)21-29(19-25)33(10,11)12;;/h13-14,16-22H,1-12H3;13-21H,1-12H3;;. The number of benzene rings is 4. The average Bonchev–Trinajstić information content (AvgIpc) is 3.81. The minimum atomic E-state index is -0.897. The third kappa shape index (κ3) is 12.6. The molecule has 0 nitrogen and oxygen atoms in total. The van der Waals surface area contributed by atoms with E-state index >= 15 is 0 Å². The van der Waals surface area contributed by atoms with Gasteiger partial charge in [0, 0.05) is 0 Å². The van der Waals surface area contributed by atoms with E-state index in [9.17, 15) is 0 Å². The van der Waals surface area contributed by atoms with Crippen LogP contribution in [-0.2, 0) is 43.3 Å². The van der Waals surface area contributed by atoms with Gasteiger partial charge in [-0.25, -0.2) is 0 Å². The van der Waals surface area contributed by atoms with Gasteiger partial charge in [0.2, 0.25) is 0 Å². The van der Waals surface area contributed by atoms with Crippen molar-refractivity contribution in [1.29, 1.82) is 0 Å². The fourth-order valence-electron chi connectivity index (χ4n) is 9.11. The Labute approximate surface area is 433 Å². The Balaban J connectivity index is 1.69. The van der Waals surface area contributed by atoms with Crippen LogP contribution in [0.1, 0.15) is 239 Å². The second-order valence-corrected chi connectivity index (χ2v) is 41.1. The van der Waals surface area contributed by atoms with E-state index in [4.69, 9.17) is 0 Å². The molecule has 0 saturated carbocycles. The topological polar surface area (TPSA) is 0 Å². The summed E-state index contributed by atoms with van der Waals surface area (Å²) in [5.41, 5.74) is 22.2. The molecular weight excluding hydrogens is 1040 g/mol. The molecule has 2 aliphatic carbocycles. The Hall–Kier alpha value is -2.52. The molecule has 0 aliphatic heterocycles. The molecule has 2 aliphatic rings. The second kappa shape index (κ2) is 18.8. The molecule has 0 spiro atoms. The Kier molecular flexibility index (Phi) is 15.2. The average molecular weight is 1130 g/mol. The molecule has 364 valence electrons. The first-order valence-electron chi connectivity index (χ1n) is 25.6. The summed E-state index contributed by atoms with van der Waals surface area (Å²) in [7, 11) is 0. The Morgan fingerprint density at radius 1 is 0.324 bits per heavy atom. The molecule has 0 N–H and O–H groups in total. The predicted octanol–water partition coefficient (Wildman–Crippen LogP) is 18.4. The summed E-state index contributed by atoms with van der Waals surface area (Å²) >= 11 is -1.76. The molecule has 1 unspecified atom stereocenters. The first-order valence-corrected chi connectivity index (χ1v) is 37.2. The maximum atomic E-state index is 2.61. The van der Waals surface area contributed by atoms with Gasteiger partial charge in [0.05, 0.1) is 0 Å². The van der Waals surface area contributed by atoms with E-state index < -0.39 is 33.7 Å². The zero-order valence-corrected chi connectivity index (χ0v) is 52.4. The fourth-order valence-corrected chi connectivity index (χ4v) is 27.6. The van der Waals surface area contributed by atoms with Crippen LogP contribution in [0.15, 0.2) is 101 Å². The van der Waals surface area contributed by atoms with Gasteiger partial charge in [-0.2, -0.15) is 0 Å². The van der Waals surface area contributed by atoms with Crippen LogP contribution in [0, 0.1) is 0 Å². The van der Waals surface area contributed by atoms with Crippen molar-refractivity contribution in [2.75, 3.05) is 0 Å². The third-order valence-corrected chi connectivity index (χ3v) is 29.8. The van der Waals surface area contributed by atoms with Crippen LogP contribution in [-0.4, -0.2) is 33.7 Å². The van der Waals surface area contributed by atoms with Crippen molar-refractivity contribution in [1.82, 2.24) is 0 Å². The molecule has 0 amide bonds. The van der Waals surface area contributed by atoms with E-state index in [1.165, 1.54) is 72.3 Å². The summed E-state index contributed by atoms with van der Waals surface area (Å²) in [6, 6.07) is 30.6. The molecule has 0 fully saturated rings.